The molecular weight excluding hydrogens is 354 g/mol. The molecular formula is C23H27NO4. The second kappa shape index (κ2) is 11.7. The lowest BCUT2D eigenvalue weighted by Gasteiger charge is -2.22. The van der Waals surface area contributed by atoms with Gasteiger partial charge >= 0.3 is 5.97 Å². The molecule has 5 heteroatoms. The fourth-order valence-electron chi connectivity index (χ4n) is 2.88. The topological polar surface area (TPSA) is 63.7 Å². The van der Waals surface area contributed by atoms with Crippen molar-refractivity contribution < 1.29 is 19.1 Å². The maximum Gasteiger partial charge on any atom is 0.307 e. The van der Waals surface area contributed by atoms with Crippen molar-refractivity contribution in [1.29, 1.82) is 0 Å². The van der Waals surface area contributed by atoms with Crippen molar-refractivity contribution >= 4 is 17.7 Å². The van der Waals surface area contributed by atoms with Crippen LogP contribution < -0.4 is 0 Å². The Hall–Kier alpha value is -2.95. The molecule has 0 unspecified atom stereocenters. The number of hydrogen-bond donors (Lipinski definition) is 0. The minimum atomic E-state index is -0.319. The van der Waals surface area contributed by atoms with Crippen molar-refractivity contribution in [3.05, 3.63) is 71.8 Å². The SMILES string of the molecule is CCOC(=O)CCN(CCc1ccccc1)C(=O)CCC(=O)c1ccccc1. The highest BCUT2D eigenvalue weighted by Gasteiger charge is 2.17. The van der Waals surface area contributed by atoms with Crippen LogP contribution in [0.15, 0.2) is 60.7 Å². The number of ketones is 1. The van der Waals surface area contributed by atoms with Crippen LogP contribution in [0.25, 0.3) is 0 Å². The molecule has 0 aliphatic heterocycles. The van der Waals surface area contributed by atoms with Gasteiger partial charge in [0.15, 0.2) is 5.78 Å². The number of ether oxygens (including phenoxy) is 1. The number of esters is 1. The van der Waals surface area contributed by atoms with Gasteiger partial charge in [0.2, 0.25) is 5.91 Å². The van der Waals surface area contributed by atoms with Gasteiger partial charge in [-0.1, -0.05) is 60.7 Å². The minimum Gasteiger partial charge on any atom is -0.466 e. The molecule has 0 fully saturated rings. The molecule has 2 rings (SSSR count). The molecule has 2 aromatic carbocycles. The van der Waals surface area contributed by atoms with Crippen molar-refractivity contribution in [1.82, 2.24) is 4.90 Å². The van der Waals surface area contributed by atoms with E-state index >= 15 is 0 Å². The summed E-state index contributed by atoms with van der Waals surface area (Å²) >= 11 is 0. The number of amides is 1. The molecule has 1 amide bonds. The van der Waals surface area contributed by atoms with Crippen LogP contribution >= 0.6 is 0 Å². The van der Waals surface area contributed by atoms with Crippen molar-refractivity contribution in [3.63, 3.8) is 0 Å². The van der Waals surface area contributed by atoms with E-state index in [0.29, 0.717) is 31.7 Å². The van der Waals surface area contributed by atoms with Crippen LogP contribution in [0.4, 0.5) is 0 Å². The fraction of sp³-hybridized carbons (Fsp3) is 0.348. The fourth-order valence-corrected chi connectivity index (χ4v) is 2.88. The monoisotopic (exact) mass is 381 g/mol. The van der Waals surface area contributed by atoms with Gasteiger partial charge in [-0.2, -0.15) is 0 Å². The summed E-state index contributed by atoms with van der Waals surface area (Å²) in [5, 5.41) is 0. The zero-order chi connectivity index (χ0) is 20.2. The second-order valence-corrected chi connectivity index (χ2v) is 6.46. The van der Waals surface area contributed by atoms with Crippen molar-refractivity contribution in [3.8, 4) is 0 Å². The maximum atomic E-state index is 12.7. The van der Waals surface area contributed by atoms with Gasteiger partial charge in [-0.25, -0.2) is 0 Å². The van der Waals surface area contributed by atoms with E-state index in [-0.39, 0.29) is 36.9 Å². The van der Waals surface area contributed by atoms with Crippen LogP contribution in [0.3, 0.4) is 0 Å². The van der Waals surface area contributed by atoms with E-state index in [1.165, 1.54) is 0 Å². The Balaban J connectivity index is 1.92. The third kappa shape index (κ3) is 7.35. The van der Waals surface area contributed by atoms with Gasteiger partial charge < -0.3 is 9.64 Å². The molecule has 0 bridgehead atoms. The number of carbonyl (C=O) groups excluding carboxylic acids is 3. The van der Waals surface area contributed by atoms with E-state index < -0.39 is 0 Å². The Kier molecular flexibility index (Phi) is 8.92. The molecule has 0 atom stereocenters. The predicted octanol–water partition coefficient (Wildman–Crippen LogP) is 3.67. The van der Waals surface area contributed by atoms with Crippen LogP contribution in [0, 0.1) is 0 Å². The van der Waals surface area contributed by atoms with Gasteiger partial charge in [0.05, 0.1) is 13.0 Å². The molecule has 28 heavy (non-hydrogen) atoms. The van der Waals surface area contributed by atoms with Gasteiger partial charge in [0.25, 0.3) is 0 Å². The average molecular weight is 381 g/mol. The first-order valence-corrected chi connectivity index (χ1v) is 9.65. The molecule has 0 radical (unpaired) electrons. The van der Waals surface area contributed by atoms with Crippen LogP contribution in [-0.4, -0.2) is 42.3 Å². The van der Waals surface area contributed by atoms with E-state index in [1.807, 2.05) is 36.4 Å². The minimum absolute atomic E-state index is 0.0534. The number of Topliss-reactive ketones (excluding diaryl/α,β-unsaturated/α-hetero) is 1. The molecule has 5 nitrogen and oxygen atoms in total. The number of rotatable bonds is 11. The van der Waals surface area contributed by atoms with Crippen molar-refractivity contribution in [2.45, 2.75) is 32.6 Å². The summed E-state index contributed by atoms with van der Waals surface area (Å²) in [5.74, 6) is -0.493. The van der Waals surface area contributed by atoms with Gasteiger partial charge in [0.1, 0.15) is 0 Å². The lowest BCUT2D eigenvalue weighted by molar-refractivity contribution is -0.144. The van der Waals surface area contributed by atoms with E-state index in [0.717, 1.165) is 5.56 Å². The first-order valence-electron chi connectivity index (χ1n) is 9.65. The predicted molar refractivity (Wildman–Crippen MR) is 108 cm³/mol. The van der Waals surface area contributed by atoms with Crippen LogP contribution in [0.1, 0.15) is 42.1 Å². The Bertz CT molecular complexity index is 759. The largest absolute Gasteiger partial charge is 0.466 e. The Morgan fingerprint density at radius 1 is 0.821 bits per heavy atom. The summed E-state index contributed by atoms with van der Waals surface area (Å²) in [7, 11) is 0. The summed E-state index contributed by atoms with van der Waals surface area (Å²) in [6.07, 6.45) is 1.14. The first kappa shape index (κ1) is 21.4. The lowest BCUT2D eigenvalue weighted by atomic mass is 10.1. The molecule has 2 aromatic rings. The summed E-state index contributed by atoms with van der Waals surface area (Å²) in [4.78, 5) is 38.3. The highest BCUT2D eigenvalue weighted by Crippen LogP contribution is 2.09. The van der Waals surface area contributed by atoms with Crippen molar-refractivity contribution in [2.24, 2.45) is 0 Å². The van der Waals surface area contributed by atoms with Gasteiger partial charge in [0, 0.05) is 31.5 Å². The highest BCUT2D eigenvalue weighted by molar-refractivity contribution is 5.97. The molecule has 148 valence electrons. The summed E-state index contributed by atoms with van der Waals surface area (Å²) in [5.41, 5.74) is 1.73. The number of nitrogens with zero attached hydrogens (tertiary/aromatic N) is 1. The third-order valence-corrected chi connectivity index (χ3v) is 4.42. The smallest absolute Gasteiger partial charge is 0.307 e. The number of hydrogen-bond acceptors (Lipinski definition) is 4. The zero-order valence-electron chi connectivity index (χ0n) is 16.3. The first-order chi connectivity index (χ1) is 13.6. The summed E-state index contributed by atoms with van der Waals surface area (Å²) in [6, 6.07) is 18.8. The Morgan fingerprint density at radius 3 is 2.11 bits per heavy atom. The second-order valence-electron chi connectivity index (χ2n) is 6.46. The molecule has 0 aliphatic rings. The van der Waals surface area contributed by atoms with Crippen molar-refractivity contribution in [2.75, 3.05) is 19.7 Å². The van der Waals surface area contributed by atoms with Crippen LogP contribution in [-0.2, 0) is 20.7 Å². The Morgan fingerprint density at radius 2 is 1.46 bits per heavy atom. The molecule has 0 saturated heterocycles. The molecule has 0 N–H and O–H groups in total. The number of carbonyl (C=O) groups is 3. The van der Waals surface area contributed by atoms with Crippen LogP contribution in [0.5, 0.6) is 0 Å². The van der Waals surface area contributed by atoms with E-state index in [9.17, 15) is 14.4 Å². The van der Waals surface area contributed by atoms with E-state index in [4.69, 9.17) is 4.74 Å². The molecule has 0 spiro atoms. The average Bonchev–Trinajstić information content (AvgIpc) is 2.73. The van der Waals surface area contributed by atoms with Gasteiger partial charge in [-0.05, 0) is 18.9 Å². The highest BCUT2D eigenvalue weighted by atomic mass is 16.5. The molecule has 0 aliphatic carbocycles. The van der Waals surface area contributed by atoms with Gasteiger partial charge in [-0.15, -0.1) is 0 Å². The lowest BCUT2D eigenvalue weighted by Crippen LogP contribution is -2.35. The zero-order valence-corrected chi connectivity index (χ0v) is 16.3. The summed E-state index contributed by atoms with van der Waals surface area (Å²) < 4.78 is 4.96. The Labute approximate surface area is 166 Å². The molecule has 0 saturated carbocycles. The van der Waals surface area contributed by atoms with E-state index in [2.05, 4.69) is 0 Å². The van der Waals surface area contributed by atoms with E-state index in [1.54, 1.807) is 36.1 Å². The normalized spacial score (nSPS) is 10.3. The molecule has 0 aromatic heterocycles. The van der Waals surface area contributed by atoms with Crippen LogP contribution in [0.2, 0.25) is 0 Å². The third-order valence-electron chi connectivity index (χ3n) is 4.42. The summed E-state index contributed by atoms with van der Waals surface area (Å²) in [6.45, 7) is 2.87. The standard InChI is InChI=1S/C23H27NO4/c1-2-28-23(27)16-18-24(17-15-19-9-5-3-6-10-19)22(26)14-13-21(25)20-11-7-4-8-12-20/h3-12H,2,13-18H2,1H3. The molecule has 0 heterocycles. The quantitative estimate of drug-likeness (QED) is 0.440. The number of benzene rings is 2. The van der Waals surface area contributed by atoms with Gasteiger partial charge in [-0.3, -0.25) is 14.4 Å². The maximum absolute atomic E-state index is 12.7.